The molecule has 6 heteroatoms. The quantitative estimate of drug-likeness (QED) is 0.420. The number of hydrogen-bond acceptors (Lipinski definition) is 3. The Hall–Kier alpha value is -0.913. The molecule has 0 radical (unpaired) electrons. The molecule has 0 spiro atoms. The van der Waals surface area contributed by atoms with E-state index in [4.69, 9.17) is 27.6 Å². The van der Waals surface area contributed by atoms with E-state index in [2.05, 4.69) is 45.8 Å². The van der Waals surface area contributed by atoms with Gasteiger partial charge in [-0.1, -0.05) is 75.2 Å². The summed E-state index contributed by atoms with van der Waals surface area (Å²) in [7, 11) is -1.96. The highest BCUT2D eigenvalue weighted by Crippen LogP contribution is 2.38. The molecule has 1 atom stereocenters. The molecular formula is C21H29Cl2NO2Si. The third-order valence-electron chi connectivity index (χ3n) is 5.44. The van der Waals surface area contributed by atoms with Gasteiger partial charge >= 0.3 is 0 Å². The first-order valence-corrected chi connectivity index (χ1v) is 12.9. The Morgan fingerprint density at radius 2 is 1.74 bits per heavy atom. The minimum Gasteiger partial charge on any atom is -0.413 e. The number of aliphatic hydroxyl groups excluding tert-OH is 1. The van der Waals surface area contributed by atoms with E-state index in [9.17, 15) is 5.11 Å². The predicted molar refractivity (Wildman–Crippen MR) is 116 cm³/mol. The van der Waals surface area contributed by atoms with Crippen molar-refractivity contribution in [3.05, 3.63) is 62.9 Å². The molecule has 0 bridgehead atoms. The Balaban J connectivity index is 2.38. The van der Waals surface area contributed by atoms with Crippen molar-refractivity contribution in [1.82, 2.24) is 4.98 Å². The molecule has 1 N–H and O–H groups in total. The van der Waals surface area contributed by atoms with Crippen LogP contribution in [0.25, 0.3) is 0 Å². The van der Waals surface area contributed by atoms with Gasteiger partial charge in [0.25, 0.3) is 0 Å². The van der Waals surface area contributed by atoms with E-state index in [-0.39, 0.29) is 10.2 Å². The minimum absolute atomic E-state index is 0.0857. The lowest BCUT2D eigenvalue weighted by molar-refractivity contribution is 0.213. The van der Waals surface area contributed by atoms with Crippen LogP contribution in [0.4, 0.5) is 0 Å². The van der Waals surface area contributed by atoms with Crippen LogP contribution in [0.3, 0.4) is 0 Å². The van der Waals surface area contributed by atoms with Gasteiger partial charge in [-0.25, -0.2) is 4.98 Å². The van der Waals surface area contributed by atoms with Gasteiger partial charge in [0.05, 0.1) is 6.61 Å². The zero-order chi connectivity index (χ0) is 20.4. The Bertz CT molecular complexity index is 786. The third kappa shape index (κ3) is 5.33. The molecule has 0 aliphatic rings. The largest absolute Gasteiger partial charge is 0.413 e. The molecule has 0 aliphatic carbocycles. The normalized spacial score (nSPS) is 13.7. The fourth-order valence-electron chi connectivity index (χ4n) is 2.53. The van der Waals surface area contributed by atoms with Gasteiger partial charge in [0.1, 0.15) is 16.4 Å². The fraction of sp³-hybridized carbons (Fsp3) is 0.476. The molecule has 2 aromatic rings. The molecule has 0 aliphatic heterocycles. The van der Waals surface area contributed by atoms with Gasteiger partial charge < -0.3 is 9.53 Å². The first-order valence-electron chi connectivity index (χ1n) is 9.22. The van der Waals surface area contributed by atoms with Crippen molar-refractivity contribution in [3.63, 3.8) is 0 Å². The topological polar surface area (TPSA) is 42.4 Å². The summed E-state index contributed by atoms with van der Waals surface area (Å²) in [5.74, 6) is 0. The van der Waals surface area contributed by atoms with E-state index in [0.717, 1.165) is 17.5 Å². The van der Waals surface area contributed by atoms with Crippen molar-refractivity contribution in [2.24, 2.45) is 0 Å². The lowest BCUT2D eigenvalue weighted by Gasteiger charge is -2.36. The molecule has 1 unspecified atom stereocenters. The van der Waals surface area contributed by atoms with Gasteiger partial charge in [-0.2, -0.15) is 0 Å². The van der Waals surface area contributed by atoms with E-state index in [1.54, 1.807) is 6.07 Å². The van der Waals surface area contributed by atoms with Crippen molar-refractivity contribution in [2.45, 2.75) is 65.0 Å². The lowest BCUT2D eigenvalue weighted by Crippen LogP contribution is -2.40. The summed E-state index contributed by atoms with van der Waals surface area (Å²) < 4.78 is 6.34. The Morgan fingerprint density at radius 1 is 1.15 bits per heavy atom. The van der Waals surface area contributed by atoms with E-state index in [1.807, 2.05) is 24.3 Å². The molecule has 2 rings (SSSR count). The summed E-state index contributed by atoms with van der Waals surface area (Å²) in [6.45, 7) is 13.4. The van der Waals surface area contributed by atoms with E-state index < -0.39 is 14.4 Å². The van der Waals surface area contributed by atoms with Crippen LogP contribution in [-0.4, -0.2) is 18.4 Å². The standard InChI is InChI=1S/C21H29Cl2NO2Si/c1-7-14-8-10-15(11-9-14)19(25)18-16(12-17(22)24-20(18)23)13-26-27(5,6)21(2,3)4/h8-12,19,25H,7,13H2,1-6H3. The van der Waals surface area contributed by atoms with Crippen LogP contribution in [-0.2, 0) is 17.5 Å². The highest BCUT2D eigenvalue weighted by molar-refractivity contribution is 6.74. The number of aryl methyl sites for hydroxylation is 1. The van der Waals surface area contributed by atoms with Gasteiger partial charge in [0, 0.05) is 5.56 Å². The molecule has 0 amide bonds. The molecule has 1 heterocycles. The molecule has 1 aromatic heterocycles. The van der Waals surface area contributed by atoms with Crippen molar-refractivity contribution in [1.29, 1.82) is 0 Å². The van der Waals surface area contributed by atoms with Crippen LogP contribution < -0.4 is 0 Å². The zero-order valence-electron chi connectivity index (χ0n) is 16.9. The molecule has 1 aromatic carbocycles. The monoisotopic (exact) mass is 425 g/mol. The van der Waals surface area contributed by atoms with Crippen LogP contribution in [0.15, 0.2) is 30.3 Å². The smallest absolute Gasteiger partial charge is 0.192 e. The average Bonchev–Trinajstić information content (AvgIpc) is 2.58. The fourth-order valence-corrected chi connectivity index (χ4v) is 4.05. The van der Waals surface area contributed by atoms with Crippen LogP contribution in [0, 0.1) is 0 Å². The maximum absolute atomic E-state index is 11.0. The number of aromatic nitrogens is 1. The summed E-state index contributed by atoms with van der Waals surface area (Å²) in [6, 6.07) is 9.61. The summed E-state index contributed by atoms with van der Waals surface area (Å²) >= 11 is 12.5. The maximum Gasteiger partial charge on any atom is 0.192 e. The van der Waals surface area contributed by atoms with Gasteiger partial charge in [-0.3, -0.25) is 0 Å². The van der Waals surface area contributed by atoms with E-state index >= 15 is 0 Å². The Kier molecular flexibility index (Phi) is 7.15. The number of rotatable bonds is 6. The van der Waals surface area contributed by atoms with Crippen molar-refractivity contribution in [3.8, 4) is 0 Å². The highest BCUT2D eigenvalue weighted by atomic mass is 35.5. The molecule has 27 heavy (non-hydrogen) atoms. The SMILES string of the molecule is CCc1ccc(C(O)c2c(CO[Si](C)(C)C(C)(C)C)cc(Cl)nc2Cl)cc1. The summed E-state index contributed by atoms with van der Waals surface area (Å²) in [4.78, 5) is 4.13. The Labute approximate surface area is 173 Å². The second-order valence-corrected chi connectivity index (χ2v) is 13.9. The highest BCUT2D eigenvalue weighted by Gasteiger charge is 2.37. The number of benzene rings is 1. The Morgan fingerprint density at radius 3 is 2.26 bits per heavy atom. The van der Waals surface area contributed by atoms with Gasteiger partial charge in [-0.05, 0) is 47.3 Å². The molecule has 0 saturated carbocycles. The molecule has 148 valence electrons. The van der Waals surface area contributed by atoms with Gasteiger partial charge in [-0.15, -0.1) is 0 Å². The number of nitrogens with zero attached hydrogens (tertiary/aromatic N) is 1. The number of hydrogen-bond donors (Lipinski definition) is 1. The van der Waals surface area contributed by atoms with Crippen molar-refractivity contribution in [2.75, 3.05) is 0 Å². The molecule has 0 fully saturated rings. The molecule has 3 nitrogen and oxygen atoms in total. The van der Waals surface area contributed by atoms with E-state index in [0.29, 0.717) is 17.3 Å². The second-order valence-electron chi connectivity index (χ2n) is 8.36. The van der Waals surface area contributed by atoms with Gasteiger partial charge in [0.2, 0.25) is 0 Å². The molecular weight excluding hydrogens is 397 g/mol. The first kappa shape index (κ1) is 22.4. The molecule has 0 saturated heterocycles. The van der Waals surface area contributed by atoms with Crippen LogP contribution in [0.5, 0.6) is 0 Å². The minimum atomic E-state index is -1.96. The predicted octanol–water partition coefficient (Wildman–Crippen LogP) is 6.55. The number of halogens is 2. The van der Waals surface area contributed by atoms with Crippen molar-refractivity contribution >= 4 is 31.5 Å². The zero-order valence-corrected chi connectivity index (χ0v) is 19.4. The summed E-state index contributed by atoms with van der Waals surface area (Å²) in [5, 5.41) is 11.6. The number of pyridine rings is 1. The second kappa shape index (κ2) is 8.62. The van der Waals surface area contributed by atoms with Crippen molar-refractivity contribution < 1.29 is 9.53 Å². The van der Waals surface area contributed by atoms with Crippen LogP contribution in [0.1, 0.15) is 56.1 Å². The van der Waals surface area contributed by atoms with Crippen LogP contribution >= 0.6 is 23.2 Å². The van der Waals surface area contributed by atoms with E-state index in [1.165, 1.54) is 5.56 Å². The summed E-state index contributed by atoms with van der Waals surface area (Å²) in [5.41, 5.74) is 3.32. The maximum atomic E-state index is 11.0. The lowest BCUT2D eigenvalue weighted by atomic mass is 9.98. The van der Waals surface area contributed by atoms with Crippen LogP contribution in [0.2, 0.25) is 28.4 Å². The average molecular weight is 426 g/mol. The first-order chi connectivity index (χ1) is 12.5. The third-order valence-corrected chi connectivity index (χ3v) is 10.4. The number of aliphatic hydroxyl groups is 1. The van der Waals surface area contributed by atoms with Gasteiger partial charge in [0.15, 0.2) is 8.32 Å². The summed E-state index contributed by atoms with van der Waals surface area (Å²) in [6.07, 6.45) is 0.0665.